The molecule has 0 radical (unpaired) electrons. The maximum Gasteiger partial charge on any atom is 0.371 e. The number of rotatable bonds is 2. The van der Waals surface area contributed by atoms with Gasteiger partial charge in [-0.3, -0.25) is 0 Å². The molecule has 0 aliphatic heterocycles. The van der Waals surface area contributed by atoms with E-state index < -0.39 is 10.7 Å². The zero-order valence-corrected chi connectivity index (χ0v) is 9.05. The zero-order chi connectivity index (χ0) is 12.4. The fourth-order valence-corrected chi connectivity index (χ4v) is 1.59. The summed E-state index contributed by atoms with van der Waals surface area (Å²) < 4.78 is 13.6. The quantitative estimate of drug-likeness (QED) is 0.590. The summed E-state index contributed by atoms with van der Waals surface area (Å²) in [5.74, 6) is -0.830. The molecule has 0 aliphatic rings. The highest BCUT2D eigenvalue weighted by molar-refractivity contribution is 5.72. The van der Waals surface area contributed by atoms with Gasteiger partial charge in [-0.2, -0.15) is 0 Å². The van der Waals surface area contributed by atoms with Gasteiger partial charge in [0.15, 0.2) is 0 Å². The van der Waals surface area contributed by atoms with E-state index in [2.05, 4.69) is 4.98 Å². The predicted molar refractivity (Wildman–Crippen MR) is 61.0 cm³/mol. The van der Waals surface area contributed by atoms with Crippen molar-refractivity contribution in [1.29, 1.82) is 0 Å². The molecule has 0 saturated carbocycles. The summed E-state index contributed by atoms with van der Waals surface area (Å²) in [5.41, 5.74) is 1.14. The lowest BCUT2D eigenvalue weighted by molar-refractivity contribution is -0.388. The first-order chi connectivity index (χ1) is 8.09. The van der Waals surface area contributed by atoms with E-state index in [4.69, 9.17) is 0 Å². The second kappa shape index (κ2) is 4.29. The van der Waals surface area contributed by atoms with Gasteiger partial charge in [0.25, 0.3) is 0 Å². The molecule has 17 heavy (non-hydrogen) atoms. The largest absolute Gasteiger partial charge is 0.371 e. The molecule has 0 bridgehead atoms. The Bertz CT molecular complexity index is 584. The van der Waals surface area contributed by atoms with Crippen molar-refractivity contribution in [3.05, 3.63) is 58.0 Å². The van der Waals surface area contributed by atoms with Crippen LogP contribution in [0.25, 0.3) is 11.1 Å². The topological polar surface area (TPSA) is 56.0 Å². The van der Waals surface area contributed by atoms with Crippen LogP contribution in [0.2, 0.25) is 0 Å². The molecule has 5 heteroatoms. The van der Waals surface area contributed by atoms with Crippen LogP contribution in [-0.2, 0) is 0 Å². The van der Waals surface area contributed by atoms with Gasteiger partial charge < -0.3 is 10.1 Å². The lowest BCUT2D eigenvalue weighted by Gasteiger charge is -2.04. The van der Waals surface area contributed by atoms with E-state index in [0.717, 1.165) is 5.56 Å². The molecule has 1 aromatic carbocycles. The molecule has 1 heterocycles. The van der Waals surface area contributed by atoms with Crippen LogP contribution in [0.15, 0.2) is 36.5 Å². The fraction of sp³-hybridized carbons (Fsp3) is 0.0833. The van der Waals surface area contributed by atoms with E-state index in [1.807, 2.05) is 0 Å². The normalized spacial score (nSPS) is 10.2. The van der Waals surface area contributed by atoms with Gasteiger partial charge in [-0.1, -0.05) is 18.2 Å². The van der Waals surface area contributed by atoms with Crippen LogP contribution >= 0.6 is 0 Å². The van der Waals surface area contributed by atoms with Gasteiger partial charge in [-0.05, 0) is 34.5 Å². The van der Waals surface area contributed by atoms with Crippen molar-refractivity contribution in [1.82, 2.24) is 4.98 Å². The third-order valence-corrected chi connectivity index (χ3v) is 2.34. The predicted octanol–water partition coefficient (Wildman–Crippen LogP) is 3.10. The van der Waals surface area contributed by atoms with E-state index in [1.54, 1.807) is 19.1 Å². The van der Waals surface area contributed by atoms with Crippen LogP contribution in [0.4, 0.5) is 10.2 Å². The zero-order valence-electron chi connectivity index (χ0n) is 9.05. The summed E-state index contributed by atoms with van der Waals surface area (Å²) in [6, 6.07) is 7.49. The molecule has 86 valence electrons. The number of nitro groups is 1. The standard InChI is InChI=1S/C12H9FN2O2/c1-8-6-10(12(14-7-8)15(16)17)9-4-2-3-5-11(9)13/h2-7H,1H3. The number of pyridine rings is 1. The van der Waals surface area contributed by atoms with Gasteiger partial charge in [0.05, 0.1) is 5.56 Å². The van der Waals surface area contributed by atoms with E-state index in [9.17, 15) is 14.5 Å². The Morgan fingerprint density at radius 2 is 2.00 bits per heavy atom. The minimum atomic E-state index is -0.610. The molecule has 0 spiro atoms. The molecular weight excluding hydrogens is 223 g/mol. The Labute approximate surface area is 96.9 Å². The Morgan fingerprint density at radius 1 is 1.29 bits per heavy atom. The van der Waals surface area contributed by atoms with Crippen molar-refractivity contribution in [2.75, 3.05) is 0 Å². The molecule has 0 atom stereocenters. The highest BCUT2D eigenvalue weighted by Crippen LogP contribution is 2.30. The third-order valence-electron chi connectivity index (χ3n) is 2.34. The first kappa shape index (κ1) is 11.2. The van der Waals surface area contributed by atoms with Crippen molar-refractivity contribution >= 4 is 5.82 Å². The first-order valence-corrected chi connectivity index (χ1v) is 4.95. The van der Waals surface area contributed by atoms with Crippen LogP contribution in [0.1, 0.15) is 5.56 Å². The minimum Gasteiger partial charge on any atom is -0.358 e. The van der Waals surface area contributed by atoms with Crippen LogP contribution in [0, 0.1) is 22.9 Å². The Morgan fingerprint density at radius 3 is 2.65 bits per heavy atom. The highest BCUT2D eigenvalue weighted by Gasteiger charge is 2.19. The van der Waals surface area contributed by atoms with Crippen LogP contribution < -0.4 is 0 Å². The average Bonchev–Trinajstić information content (AvgIpc) is 2.29. The van der Waals surface area contributed by atoms with Crippen molar-refractivity contribution in [2.24, 2.45) is 0 Å². The van der Waals surface area contributed by atoms with E-state index in [-0.39, 0.29) is 16.9 Å². The average molecular weight is 232 g/mol. The van der Waals surface area contributed by atoms with Gasteiger partial charge in [0, 0.05) is 5.56 Å². The lowest BCUT2D eigenvalue weighted by Crippen LogP contribution is -1.97. The van der Waals surface area contributed by atoms with Crippen molar-refractivity contribution < 1.29 is 9.31 Å². The van der Waals surface area contributed by atoms with Gasteiger partial charge in [0.2, 0.25) is 0 Å². The number of aromatic nitrogens is 1. The molecule has 0 amide bonds. The first-order valence-electron chi connectivity index (χ1n) is 4.95. The number of aryl methyl sites for hydroxylation is 1. The molecule has 0 fully saturated rings. The molecule has 0 aliphatic carbocycles. The smallest absolute Gasteiger partial charge is 0.358 e. The number of nitrogens with zero attached hydrogens (tertiary/aromatic N) is 2. The van der Waals surface area contributed by atoms with Gasteiger partial charge in [-0.25, -0.2) is 4.39 Å². The maximum absolute atomic E-state index is 13.6. The Kier molecular flexibility index (Phi) is 2.82. The number of benzene rings is 1. The van der Waals surface area contributed by atoms with Crippen molar-refractivity contribution in [2.45, 2.75) is 6.92 Å². The third kappa shape index (κ3) is 2.13. The minimum absolute atomic E-state index is 0.190. The number of hydrogen-bond donors (Lipinski definition) is 0. The SMILES string of the molecule is Cc1cnc([N+](=O)[O-])c(-c2ccccc2F)c1. The maximum atomic E-state index is 13.6. The Balaban J connectivity index is 2.70. The van der Waals surface area contributed by atoms with E-state index in [0.29, 0.717) is 0 Å². The number of halogens is 1. The van der Waals surface area contributed by atoms with Gasteiger partial charge in [0.1, 0.15) is 12.0 Å². The number of hydrogen-bond acceptors (Lipinski definition) is 3. The highest BCUT2D eigenvalue weighted by atomic mass is 19.1. The molecule has 0 unspecified atom stereocenters. The molecule has 4 nitrogen and oxygen atoms in total. The summed E-state index contributed by atoms with van der Waals surface area (Å²) in [7, 11) is 0. The molecule has 0 N–H and O–H groups in total. The van der Waals surface area contributed by atoms with Crippen LogP contribution in [-0.4, -0.2) is 9.91 Å². The van der Waals surface area contributed by atoms with E-state index in [1.165, 1.54) is 24.4 Å². The van der Waals surface area contributed by atoms with Gasteiger partial charge >= 0.3 is 5.82 Å². The van der Waals surface area contributed by atoms with Crippen LogP contribution in [0.5, 0.6) is 0 Å². The monoisotopic (exact) mass is 232 g/mol. The van der Waals surface area contributed by atoms with Crippen molar-refractivity contribution in [3.63, 3.8) is 0 Å². The molecule has 1 aromatic heterocycles. The fourth-order valence-electron chi connectivity index (χ4n) is 1.59. The van der Waals surface area contributed by atoms with Crippen LogP contribution in [0.3, 0.4) is 0 Å². The van der Waals surface area contributed by atoms with Gasteiger partial charge in [-0.15, -0.1) is 0 Å². The summed E-state index contributed by atoms with van der Waals surface area (Å²) in [6.07, 6.45) is 1.39. The van der Waals surface area contributed by atoms with Crippen molar-refractivity contribution in [3.8, 4) is 11.1 Å². The molecule has 2 aromatic rings. The summed E-state index contributed by atoms with van der Waals surface area (Å²) in [6.45, 7) is 1.75. The molecular formula is C12H9FN2O2. The second-order valence-electron chi connectivity index (χ2n) is 3.62. The van der Waals surface area contributed by atoms with E-state index >= 15 is 0 Å². The summed E-state index contributed by atoms with van der Waals surface area (Å²) >= 11 is 0. The summed E-state index contributed by atoms with van der Waals surface area (Å²) in [5, 5.41) is 10.8. The Hall–Kier alpha value is -2.30. The lowest BCUT2D eigenvalue weighted by atomic mass is 10.0. The second-order valence-corrected chi connectivity index (χ2v) is 3.62. The molecule has 2 rings (SSSR count). The summed E-state index contributed by atoms with van der Waals surface area (Å²) in [4.78, 5) is 14.0. The molecule has 0 saturated heterocycles.